The molecule has 1 unspecified atom stereocenters. The number of likely N-dealkylation sites (N-methyl/N-ethyl adjacent to an activating group) is 2. The van der Waals surface area contributed by atoms with Gasteiger partial charge < -0.3 is 19.9 Å². The SMILES string of the molecule is CN(C)C(=O)C[NH+](C)CC(=O)NCCOc1ccc(Cl)cc1. The molecule has 2 N–H and O–H groups in total. The van der Waals surface area contributed by atoms with Crippen molar-refractivity contribution >= 4 is 23.4 Å². The Kier molecular flexibility index (Phi) is 7.70. The zero-order valence-corrected chi connectivity index (χ0v) is 13.9. The maximum atomic E-state index is 11.7. The molecule has 0 aliphatic rings. The summed E-state index contributed by atoms with van der Waals surface area (Å²) in [7, 11) is 5.21. The van der Waals surface area contributed by atoms with Crippen LogP contribution in [0.25, 0.3) is 0 Å². The summed E-state index contributed by atoms with van der Waals surface area (Å²) in [4.78, 5) is 25.6. The summed E-state index contributed by atoms with van der Waals surface area (Å²) in [5, 5.41) is 3.41. The van der Waals surface area contributed by atoms with Crippen LogP contribution in [0.5, 0.6) is 5.75 Å². The number of halogens is 1. The molecule has 0 radical (unpaired) electrons. The van der Waals surface area contributed by atoms with E-state index in [1.54, 1.807) is 38.4 Å². The highest BCUT2D eigenvalue weighted by Gasteiger charge is 2.14. The fraction of sp³-hybridized carbons (Fsp3) is 0.467. The van der Waals surface area contributed by atoms with Crippen LogP contribution in [0.2, 0.25) is 5.02 Å². The second-order valence-corrected chi connectivity index (χ2v) is 5.69. The molecule has 0 aliphatic carbocycles. The third kappa shape index (κ3) is 7.28. The Morgan fingerprint density at radius 2 is 1.86 bits per heavy atom. The van der Waals surface area contributed by atoms with Crippen molar-refractivity contribution in [2.75, 3.05) is 47.4 Å². The van der Waals surface area contributed by atoms with Gasteiger partial charge in [0.15, 0.2) is 13.1 Å². The molecule has 0 fully saturated rings. The van der Waals surface area contributed by atoms with Crippen molar-refractivity contribution in [3.8, 4) is 5.75 Å². The molecular formula is C15H23ClN3O3+. The molecular weight excluding hydrogens is 306 g/mol. The molecule has 1 aromatic rings. The molecule has 0 heterocycles. The second-order valence-electron chi connectivity index (χ2n) is 5.25. The van der Waals surface area contributed by atoms with E-state index in [9.17, 15) is 9.59 Å². The summed E-state index contributed by atoms with van der Waals surface area (Å²) in [6.45, 7) is 1.33. The van der Waals surface area contributed by atoms with Crippen LogP contribution in [-0.2, 0) is 9.59 Å². The summed E-state index contributed by atoms with van der Waals surface area (Å²) < 4.78 is 5.47. The molecule has 2 amide bonds. The maximum Gasteiger partial charge on any atom is 0.277 e. The topological polar surface area (TPSA) is 63.1 Å². The van der Waals surface area contributed by atoms with Gasteiger partial charge >= 0.3 is 0 Å². The summed E-state index contributed by atoms with van der Waals surface area (Å²) in [6, 6.07) is 7.04. The predicted molar refractivity (Wildman–Crippen MR) is 85.3 cm³/mol. The summed E-state index contributed by atoms with van der Waals surface area (Å²) >= 11 is 5.78. The third-order valence-electron chi connectivity index (χ3n) is 2.92. The van der Waals surface area contributed by atoms with Crippen molar-refractivity contribution in [2.24, 2.45) is 0 Å². The van der Waals surface area contributed by atoms with E-state index >= 15 is 0 Å². The second kappa shape index (κ2) is 9.27. The van der Waals surface area contributed by atoms with Gasteiger partial charge in [0, 0.05) is 19.1 Å². The Labute approximate surface area is 136 Å². The lowest BCUT2D eigenvalue weighted by molar-refractivity contribution is -0.862. The summed E-state index contributed by atoms with van der Waals surface area (Å²) in [6.07, 6.45) is 0. The lowest BCUT2D eigenvalue weighted by atomic mass is 10.3. The minimum absolute atomic E-state index is 0.00336. The Morgan fingerprint density at radius 1 is 1.23 bits per heavy atom. The number of quaternary nitrogens is 1. The van der Waals surface area contributed by atoms with E-state index in [-0.39, 0.29) is 18.4 Å². The van der Waals surface area contributed by atoms with E-state index < -0.39 is 0 Å². The van der Waals surface area contributed by atoms with Gasteiger partial charge in [-0.15, -0.1) is 0 Å². The zero-order valence-electron chi connectivity index (χ0n) is 13.2. The molecule has 0 bridgehead atoms. The standard InChI is InChI=1S/C15H22ClN3O3/c1-18(2)15(21)11-19(3)10-14(20)17-8-9-22-13-6-4-12(16)5-7-13/h4-7H,8-11H2,1-3H3,(H,17,20)/p+1. The van der Waals surface area contributed by atoms with E-state index in [4.69, 9.17) is 16.3 Å². The van der Waals surface area contributed by atoms with Gasteiger partial charge in [-0.2, -0.15) is 0 Å². The van der Waals surface area contributed by atoms with E-state index in [1.165, 1.54) is 4.90 Å². The molecule has 1 aromatic carbocycles. The van der Waals surface area contributed by atoms with Gasteiger partial charge in [-0.3, -0.25) is 9.59 Å². The first kappa shape index (κ1) is 18.3. The monoisotopic (exact) mass is 328 g/mol. The van der Waals surface area contributed by atoms with Gasteiger partial charge in [-0.25, -0.2) is 0 Å². The fourth-order valence-electron chi connectivity index (χ4n) is 1.71. The minimum Gasteiger partial charge on any atom is -0.492 e. The van der Waals surface area contributed by atoms with Crippen LogP contribution in [-0.4, -0.2) is 64.1 Å². The molecule has 0 saturated heterocycles. The van der Waals surface area contributed by atoms with Crippen molar-refractivity contribution in [1.29, 1.82) is 0 Å². The molecule has 1 rings (SSSR count). The highest BCUT2D eigenvalue weighted by Crippen LogP contribution is 2.14. The zero-order chi connectivity index (χ0) is 16.5. The Bertz CT molecular complexity index is 491. The van der Waals surface area contributed by atoms with Crippen LogP contribution in [0.4, 0.5) is 0 Å². The maximum absolute atomic E-state index is 11.7. The van der Waals surface area contributed by atoms with Crippen LogP contribution in [0, 0.1) is 0 Å². The number of amides is 2. The van der Waals surface area contributed by atoms with E-state index in [0.717, 1.165) is 4.90 Å². The van der Waals surface area contributed by atoms with Crippen LogP contribution in [0.1, 0.15) is 0 Å². The van der Waals surface area contributed by atoms with Crippen molar-refractivity contribution in [3.63, 3.8) is 0 Å². The van der Waals surface area contributed by atoms with Gasteiger partial charge in [0.05, 0.1) is 13.6 Å². The summed E-state index contributed by atoms with van der Waals surface area (Å²) in [5.74, 6) is 0.595. The van der Waals surface area contributed by atoms with E-state index in [2.05, 4.69) is 5.32 Å². The Morgan fingerprint density at radius 3 is 2.45 bits per heavy atom. The number of carbonyl (C=O) groups is 2. The number of hydrogen-bond donors (Lipinski definition) is 2. The Balaban J connectivity index is 2.17. The molecule has 122 valence electrons. The predicted octanol–water partition coefficient (Wildman–Crippen LogP) is -0.562. The van der Waals surface area contributed by atoms with Crippen molar-refractivity contribution in [3.05, 3.63) is 29.3 Å². The molecule has 22 heavy (non-hydrogen) atoms. The number of ether oxygens (including phenoxy) is 1. The van der Waals surface area contributed by atoms with Crippen molar-refractivity contribution in [1.82, 2.24) is 10.2 Å². The first-order valence-corrected chi connectivity index (χ1v) is 7.43. The first-order valence-electron chi connectivity index (χ1n) is 7.05. The molecule has 7 heteroatoms. The lowest BCUT2D eigenvalue weighted by Gasteiger charge is -2.16. The summed E-state index contributed by atoms with van der Waals surface area (Å²) in [5.41, 5.74) is 0. The molecule has 0 aliphatic heterocycles. The highest BCUT2D eigenvalue weighted by atomic mass is 35.5. The van der Waals surface area contributed by atoms with Crippen LogP contribution < -0.4 is 15.0 Å². The lowest BCUT2D eigenvalue weighted by Crippen LogP contribution is -3.11. The van der Waals surface area contributed by atoms with Gasteiger partial charge in [-0.1, -0.05) is 11.6 Å². The molecule has 0 spiro atoms. The average molecular weight is 329 g/mol. The number of carbonyl (C=O) groups excluding carboxylic acids is 2. The van der Waals surface area contributed by atoms with Crippen LogP contribution >= 0.6 is 11.6 Å². The molecule has 0 aromatic heterocycles. The van der Waals surface area contributed by atoms with E-state index in [0.29, 0.717) is 30.5 Å². The van der Waals surface area contributed by atoms with Gasteiger partial charge in [0.1, 0.15) is 12.4 Å². The molecule has 0 saturated carbocycles. The van der Waals surface area contributed by atoms with Gasteiger partial charge in [-0.05, 0) is 24.3 Å². The van der Waals surface area contributed by atoms with E-state index in [1.807, 2.05) is 7.05 Å². The number of rotatable bonds is 8. The highest BCUT2D eigenvalue weighted by molar-refractivity contribution is 6.30. The quantitative estimate of drug-likeness (QED) is 0.629. The fourth-order valence-corrected chi connectivity index (χ4v) is 1.83. The molecule has 1 atom stereocenters. The molecule has 6 nitrogen and oxygen atoms in total. The van der Waals surface area contributed by atoms with Crippen LogP contribution in [0.15, 0.2) is 24.3 Å². The largest absolute Gasteiger partial charge is 0.492 e. The normalized spacial score (nSPS) is 11.6. The number of hydrogen-bond acceptors (Lipinski definition) is 3. The minimum atomic E-state index is -0.108. The number of benzene rings is 1. The Hall–Kier alpha value is -1.79. The number of nitrogens with zero attached hydrogens (tertiary/aromatic N) is 1. The van der Waals surface area contributed by atoms with Crippen molar-refractivity contribution < 1.29 is 19.2 Å². The number of nitrogens with one attached hydrogen (secondary N) is 2. The smallest absolute Gasteiger partial charge is 0.277 e. The third-order valence-corrected chi connectivity index (χ3v) is 3.17. The average Bonchev–Trinajstić information content (AvgIpc) is 2.45. The van der Waals surface area contributed by atoms with Crippen LogP contribution in [0.3, 0.4) is 0 Å². The first-order chi connectivity index (χ1) is 10.4. The van der Waals surface area contributed by atoms with Crippen molar-refractivity contribution in [2.45, 2.75) is 0 Å². The van der Waals surface area contributed by atoms with Gasteiger partial charge in [0.25, 0.3) is 11.8 Å². The van der Waals surface area contributed by atoms with Gasteiger partial charge in [0.2, 0.25) is 0 Å².